The van der Waals surface area contributed by atoms with Crippen LogP contribution in [0.1, 0.15) is 37.7 Å². The lowest BCUT2D eigenvalue weighted by Gasteiger charge is -2.61. The van der Waals surface area contributed by atoms with E-state index in [0.29, 0.717) is 12.5 Å². The van der Waals surface area contributed by atoms with Gasteiger partial charge in [-0.05, 0) is 51.3 Å². The first-order valence-electron chi connectivity index (χ1n) is 9.88. The van der Waals surface area contributed by atoms with Crippen LogP contribution in [0.25, 0.3) is 0 Å². The van der Waals surface area contributed by atoms with Crippen LogP contribution in [0.3, 0.4) is 0 Å². The third-order valence-corrected chi connectivity index (χ3v) is 6.96. The van der Waals surface area contributed by atoms with E-state index in [1.807, 2.05) is 11.0 Å². The highest BCUT2D eigenvalue weighted by molar-refractivity contribution is 5.83. The summed E-state index contributed by atoms with van der Waals surface area (Å²) in [5.41, 5.74) is 0.925. The fourth-order valence-corrected chi connectivity index (χ4v) is 5.24. The van der Waals surface area contributed by atoms with E-state index in [9.17, 15) is 14.7 Å². The number of carbonyl (C=O) groups is 2. The lowest BCUT2D eigenvalue weighted by molar-refractivity contribution is -0.137. The number of aliphatic carboxylic acids is 1. The Morgan fingerprint density at radius 3 is 2.41 bits per heavy atom. The van der Waals surface area contributed by atoms with Crippen molar-refractivity contribution in [1.82, 2.24) is 14.7 Å². The largest absolute Gasteiger partial charge is 0.480 e. The zero-order chi connectivity index (χ0) is 19.2. The van der Waals surface area contributed by atoms with Crippen molar-refractivity contribution in [2.45, 2.75) is 43.2 Å². The van der Waals surface area contributed by atoms with Gasteiger partial charge in [0.2, 0.25) is 0 Å². The van der Waals surface area contributed by atoms with Crippen LogP contribution in [0.4, 0.5) is 4.79 Å². The Morgan fingerprint density at radius 1 is 1.22 bits per heavy atom. The normalized spacial score (nSPS) is 30.7. The maximum Gasteiger partial charge on any atom is 0.323 e. The first kappa shape index (κ1) is 18.3. The van der Waals surface area contributed by atoms with Gasteiger partial charge < -0.3 is 14.9 Å². The summed E-state index contributed by atoms with van der Waals surface area (Å²) in [5, 5.41) is 9.23. The Bertz CT molecular complexity index is 723. The summed E-state index contributed by atoms with van der Waals surface area (Å²) in [4.78, 5) is 30.1. The molecule has 1 aromatic carbocycles. The standard InChI is InChI=1S/C21H29N3O3/c1-22(2)21(17-9-4-3-5-10-17)13-20(14-21)15-23(12-18(25)26)19(27)24(20)11-16-7-6-8-16/h3-5,9-10,16H,6-8,11-15H2,1-2H3,(H,25,26). The van der Waals surface area contributed by atoms with Crippen LogP contribution < -0.4 is 0 Å². The van der Waals surface area contributed by atoms with Crippen LogP contribution in [0.15, 0.2) is 30.3 Å². The zero-order valence-corrected chi connectivity index (χ0v) is 16.2. The van der Waals surface area contributed by atoms with Crippen LogP contribution in [0.2, 0.25) is 0 Å². The quantitative estimate of drug-likeness (QED) is 0.835. The van der Waals surface area contributed by atoms with Crippen molar-refractivity contribution in [2.24, 2.45) is 5.92 Å². The Kier molecular flexibility index (Phi) is 4.41. The van der Waals surface area contributed by atoms with E-state index in [2.05, 4.69) is 43.3 Å². The first-order valence-corrected chi connectivity index (χ1v) is 9.88. The Hall–Kier alpha value is -2.08. The molecule has 146 valence electrons. The zero-order valence-electron chi connectivity index (χ0n) is 16.2. The van der Waals surface area contributed by atoms with Crippen molar-refractivity contribution in [1.29, 1.82) is 0 Å². The number of benzene rings is 1. The van der Waals surface area contributed by atoms with E-state index in [1.165, 1.54) is 29.7 Å². The minimum atomic E-state index is -0.940. The number of carbonyl (C=O) groups excluding carboxylic acids is 1. The summed E-state index contributed by atoms with van der Waals surface area (Å²) in [5.74, 6) is -0.369. The molecule has 0 aromatic heterocycles. The highest BCUT2D eigenvalue weighted by Crippen LogP contribution is 2.57. The van der Waals surface area contributed by atoms with Gasteiger partial charge in [0.25, 0.3) is 0 Å². The summed E-state index contributed by atoms with van der Waals surface area (Å²) in [6.45, 7) is 1.09. The molecule has 4 rings (SSSR count). The summed E-state index contributed by atoms with van der Waals surface area (Å²) >= 11 is 0. The van der Waals surface area contributed by atoms with Gasteiger partial charge in [-0.3, -0.25) is 9.69 Å². The SMILES string of the molecule is CN(C)C1(c2ccccc2)CC2(CN(CC(=O)O)C(=O)N2CC2CCC2)C1. The van der Waals surface area contributed by atoms with E-state index in [4.69, 9.17) is 0 Å². The molecule has 1 aliphatic heterocycles. The number of hydrogen-bond acceptors (Lipinski definition) is 3. The van der Waals surface area contributed by atoms with Crippen LogP contribution in [0, 0.1) is 5.92 Å². The van der Waals surface area contributed by atoms with Crippen molar-refractivity contribution in [3.63, 3.8) is 0 Å². The van der Waals surface area contributed by atoms with Gasteiger partial charge in [0.15, 0.2) is 0 Å². The summed E-state index contributed by atoms with van der Waals surface area (Å²) in [6.07, 6.45) is 5.30. The highest BCUT2D eigenvalue weighted by atomic mass is 16.4. The van der Waals surface area contributed by atoms with Crippen LogP contribution in [-0.4, -0.2) is 71.1 Å². The van der Waals surface area contributed by atoms with Gasteiger partial charge in [0, 0.05) is 13.1 Å². The third-order valence-electron chi connectivity index (χ3n) is 6.96. The van der Waals surface area contributed by atoms with Crippen molar-refractivity contribution < 1.29 is 14.7 Å². The maximum atomic E-state index is 13.0. The monoisotopic (exact) mass is 371 g/mol. The molecule has 0 bridgehead atoms. The van der Waals surface area contributed by atoms with E-state index in [-0.39, 0.29) is 23.7 Å². The molecule has 1 N–H and O–H groups in total. The van der Waals surface area contributed by atoms with E-state index < -0.39 is 5.97 Å². The molecule has 0 radical (unpaired) electrons. The van der Waals surface area contributed by atoms with Crippen LogP contribution in [-0.2, 0) is 10.3 Å². The van der Waals surface area contributed by atoms with Gasteiger partial charge in [0.1, 0.15) is 6.54 Å². The van der Waals surface area contributed by atoms with Crippen molar-refractivity contribution in [3.8, 4) is 0 Å². The molecule has 6 nitrogen and oxygen atoms in total. The molecular weight excluding hydrogens is 342 g/mol. The predicted octanol–water partition coefficient (Wildman–Crippen LogP) is 2.60. The molecule has 1 saturated heterocycles. The molecule has 3 fully saturated rings. The van der Waals surface area contributed by atoms with Crippen LogP contribution in [0.5, 0.6) is 0 Å². The third kappa shape index (κ3) is 2.90. The van der Waals surface area contributed by atoms with E-state index in [1.54, 1.807) is 0 Å². The number of carboxylic acids is 1. The summed E-state index contributed by atoms with van der Waals surface area (Å²) in [7, 11) is 4.20. The second kappa shape index (κ2) is 6.51. The summed E-state index contributed by atoms with van der Waals surface area (Å²) in [6, 6.07) is 10.4. The maximum absolute atomic E-state index is 13.0. The molecule has 0 unspecified atom stereocenters. The molecule has 1 spiro atoms. The second-order valence-corrected chi connectivity index (χ2v) is 8.81. The second-order valence-electron chi connectivity index (χ2n) is 8.81. The van der Waals surface area contributed by atoms with Crippen LogP contribution >= 0.6 is 0 Å². The molecule has 1 heterocycles. The van der Waals surface area contributed by atoms with Gasteiger partial charge in [-0.25, -0.2) is 4.79 Å². The lowest BCUT2D eigenvalue weighted by atomic mass is 9.58. The average molecular weight is 371 g/mol. The molecule has 3 aliphatic rings. The fourth-order valence-electron chi connectivity index (χ4n) is 5.24. The van der Waals surface area contributed by atoms with Crippen molar-refractivity contribution in [3.05, 3.63) is 35.9 Å². The number of carboxylic acid groups (broad SMARTS) is 1. The Morgan fingerprint density at radius 2 is 1.89 bits per heavy atom. The van der Waals surface area contributed by atoms with Gasteiger partial charge >= 0.3 is 12.0 Å². The van der Waals surface area contributed by atoms with Gasteiger partial charge in [0.05, 0.1) is 11.1 Å². The van der Waals surface area contributed by atoms with Crippen molar-refractivity contribution >= 4 is 12.0 Å². The van der Waals surface area contributed by atoms with Gasteiger partial charge in [-0.1, -0.05) is 36.8 Å². The molecule has 0 atom stereocenters. The number of rotatable bonds is 6. The first-order chi connectivity index (χ1) is 12.9. The number of nitrogens with zero attached hydrogens (tertiary/aromatic N) is 3. The number of hydrogen-bond donors (Lipinski definition) is 1. The molecule has 27 heavy (non-hydrogen) atoms. The molecule has 2 saturated carbocycles. The van der Waals surface area contributed by atoms with Gasteiger partial charge in [-0.2, -0.15) is 0 Å². The molecule has 2 aliphatic carbocycles. The minimum Gasteiger partial charge on any atom is -0.480 e. The molecular formula is C21H29N3O3. The molecule has 1 aromatic rings. The Balaban J connectivity index is 1.61. The fraction of sp³-hybridized carbons (Fsp3) is 0.619. The highest BCUT2D eigenvalue weighted by Gasteiger charge is 2.64. The number of amides is 2. The lowest BCUT2D eigenvalue weighted by Crippen LogP contribution is -2.68. The average Bonchev–Trinajstić information content (AvgIpc) is 2.81. The van der Waals surface area contributed by atoms with Gasteiger partial charge in [-0.15, -0.1) is 0 Å². The van der Waals surface area contributed by atoms with E-state index >= 15 is 0 Å². The molecule has 6 heteroatoms. The number of urea groups is 1. The smallest absolute Gasteiger partial charge is 0.323 e. The molecule has 2 amide bonds. The predicted molar refractivity (Wildman–Crippen MR) is 102 cm³/mol. The van der Waals surface area contributed by atoms with Crippen molar-refractivity contribution in [2.75, 3.05) is 33.7 Å². The minimum absolute atomic E-state index is 0.0929. The summed E-state index contributed by atoms with van der Waals surface area (Å²) < 4.78 is 0. The topological polar surface area (TPSA) is 64.1 Å². The van der Waals surface area contributed by atoms with E-state index in [0.717, 1.165) is 19.4 Å². The Labute approximate surface area is 160 Å².